The van der Waals surface area contributed by atoms with Crippen LogP contribution in [0.3, 0.4) is 0 Å². The van der Waals surface area contributed by atoms with Crippen molar-refractivity contribution in [3.63, 3.8) is 0 Å². The summed E-state index contributed by atoms with van der Waals surface area (Å²) in [6.45, 7) is 0. The van der Waals surface area contributed by atoms with Crippen molar-refractivity contribution in [2.45, 2.75) is 0 Å². The first-order chi connectivity index (χ1) is 18.2. The molecule has 0 unspecified atom stereocenters. The van der Waals surface area contributed by atoms with Crippen LogP contribution in [0.25, 0.3) is 28.0 Å². The summed E-state index contributed by atoms with van der Waals surface area (Å²) in [5.41, 5.74) is 12.6. The fraction of sp³-hybridized carbons (Fsp3) is 0. The fourth-order valence-corrected chi connectivity index (χ4v) is 4.72. The van der Waals surface area contributed by atoms with Crippen molar-refractivity contribution >= 4 is 28.7 Å². The lowest BCUT2D eigenvalue weighted by atomic mass is 10.0. The van der Waals surface area contributed by atoms with E-state index in [-0.39, 0.29) is 0 Å². The van der Waals surface area contributed by atoms with Gasteiger partial charge in [0.25, 0.3) is 0 Å². The number of nitrogens with one attached hydrogen (secondary N) is 1. The van der Waals surface area contributed by atoms with Crippen molar-refractivity contribution in [1.29, 1.82) is 0 Å². The second-order valence-corrected chi connectivity index (χ2v) is 9.22. The van der Waals surface area contributed by atoms with E-state index in [9.17, 15) is 0 Å². The van der Waals surface area contributed by atoms with Gasteiger partial charge in [-0.3, -0.25) is 5.43 Å². The highest BCUT2D eigenvalue weighted by Crippen LogP contribution is 2.30. The van der Waals surface area contributed by atoms with Gasteiger partial charge < -0.3 is 0 Å². The quantitative estimate of drug-likeness (QED) is 0.264. The maximum absolute atomic E-state index is 6.86. The molecule has 0 bridgehead atoms. The molecule has 0 amide bonds. The highest BCUT2D eigenvalue weighted by molar-refractivity contribution is 6.35. The zero-order valence-electron chi connectivity index (χ0n) is 20.1. The average molecular weight is 498 g/mol. The van der Waals surface area contributed by atoms with Crippen molar-refractivity contribution in [1.82, 2.24) is 5.43 Å². The summed E-state index contributed by atoms with van der Waals surface area (Å²) < 4.78 is 0. The van der Waals surface area contributed by atoms with Crippen LogP contribution in [0.2, 0.25) is 5.02 Å². The number of allylic oxidation sites excluding steroid dienone is 1. The molecule has 0 aromatic heterocycles. The van der Waals surface area contributed by atoms with E-state index in [4.69, 9.17) is 16.7 Å². The molecule has 1 aliphatic heterocycles. The molecule has 0 aliphatic carbocycles. The molecule has 0 radical (unpaired) electrons. The molecule has 4 heteroatoms. The third-order valence-corrected chi connectivity index (χ3v) is 6.66. The zero-order valence-corrected chi connectivity index (χ0v) is 20.8. The highest BCUT2D eigenvalue weighted by atomic mass is 35.5. The van der Waals surface area contributed by atoms with Crippen LogP contribution in [0.1, 0.15) is 11.1 Å². The zero-order chi connectivity index (χ0) is 25.0. The minimum atomic E-state index is 0.656. The number of nitrogens with zero attached hydrogens (tertiary/aromatic N) is 2. The van der Waals surface area contributed by atoms with E-state index < -0.39 is 0 Å². The number of anilines is 1. The van der Waals surface area contributed by atoms with Crippen LogP contribution in [-0.2, 0) is 0 Å². The van der Waals surface area contributed by atoms with Crippen LogP contribution in [0.5, 0.6) is 0 Å². The summed E-state index contributed by atoms with van der Waals surface area (Å²) in [5.74, 6) is 0. The molecule has 0 spiro atoms. The molecule has 37 heavy (non-hydrogen) atoms. The normalized spacial score (nSPS) is 12.9. The molecule has 178 valence electrons. The molecule has 0 fully saturated rings. The lowest BCUT2D eigenvalue weighted by Gasteiger charge is -2.28. The Morgan fingerprint density at radius 2 is 1.11 bits per heavy atom. The number of hydrogen-bond acceptors (Lipinski definition) is 3. The van der Waals surface area contributed by atoms with Gasteiger partial charge in [-0.1, -0.05) is 127 Å². The Morgan fingerprint density at radius 1 is 0.541 bits per heavy atom. The third kappa shape index (κ3) is 4.90. The molecule has 0 saturated heterocycles. The Bertz CT molecular complexity index is 1590. The van der Waals surface area contributed by atoms with Crippen molar-refractivity contribution < 1.29 is 0 Å². The highest BCUT2D eigenvalue weighted by Gasteiger charge is 2.19. The van der Waals surface area contributed by atoms with Crippen LogP contribution in [0, 0.1) is 0 Å². The SMILES string of the molecule is Clc1cc(-c2ccccc2)ccc1C1=NN(c2cccc(-c3ccccc3)c2)NC(c2ccccc2)=C1. The molecule has 0 atom stereocenters. The molecule has 3 nitrogen and oxygen atoms in total. The van der Waals surface area contributed by atoms with Gasteiger partial charge in [-0.25, -0.2) is 0 Å². The molecule has 5 aromatic carbocycles. The Morgan fingerprint density at radius 3 is 1.73 bits per heavy atom. The lowest BCUT2D eigenvalue weighted by Crippen LogP contribution is -2.36. The molecular weight excluding hydrogens is 474 g/mol. The van der Waals surface area contributed by atoms with E-state index in [1.54, 1.807) is 0 Å². The van der Waals surface area contributed by atoms with Gasteiger partial charge in [0.05, 0.1) is 22.1 Å². The Kier molecular flexibility index (Phi) is 6.28. The van der Waals surface area contributed by atoms with E-state index in [0.29, 0.717) is 5.02 Å². The van der Waals surface area contributed by atoms with Crippen LogP contribution in [0.4, 0.5) is 5.69 Å². The van der Waals surface area contributed by atoms with E-state index in [1.807, 2.05) is 59.7 Å². The monoisotopic (exact) mass is 497 g/mol. The van der Waals surface area contributed by atoms with Crippen LogP contribution in [0.15, 0.2) is 145 Å². The van der Waals surface area contributed by atoms with E-state index >= 15 is 0 Å². The van der Waals surface area contributed by atoms with Gasteiger partial charge in [0.15, 0.2) is 0 Å². The first-order valence-corrected chi connectivity index (χ1v) is 12.6. The topological polar surface area (TPSA) is 27.6 Å². The van der Waals surface area contributed by atoms with E-state index in [1.165, 1.54) is 0 Å². The van der Waals surface area contributed by atoms with Crippen LogP contribution >= 0.6 is 11.6 Å². The van der Waals surface area contributed by atoms with E-state index in [2.05, 4.69) is 90.4 Å². The Balaban J connectivity index is 1.42. The number of rotatable bonds is 5. The van der Waals surface area contributed by atoms with Crippen molar-refractivity contribution in [3.8, 4) is 22.3 Å². The maximum Gasteiger partial charge on any atom is 0.0964 e. The number of benzene rings is 5. The van der Waals surface area contributed by atoms with Crippen molar-refractivity contribution in [3.05, 3.63) is 156 Å². The molecule has 1 N–H and O–H groups in total. The van der Waals surface area contributed by atoms with Gasteiger partial charge in [0, 0.05) is 5.56 Å². The van der Waals surface area contributed by atoms with Gasteiger partial charge >= 0.3 is 0 Å². The van der Waals surface area contributed by atoms with Crippen LogP contribution < -0.4 is 10.5 Å². The summed E-state index contributed by atoms with van der Waals surface area (Å²) in [6.07, 6.45) is 2.05. The number of hydrazone groups is 1. The van der Waals surface area contributed by atoms with Gasteiger partial charge in [0.1, 0.15) is 0 Å². The predicted octanol–water partition coefficient (Wildman–Crippen LogP) is 8.44. The minimum absolute atomic E-state index is 0.656. The third-order valence-electron chi connectivity index (χ3n) is 6.35. The predicted molar refractivity (Wildman–Crippen MR) is 155 cm³/mol. The number of hydrogen-bond donors (Lipinski definition) is 1. The number of hydrazine groups is 1. The molecule has 1 heterocycles. The minimum Gasteiger partial charge on any atom is -0.277 e. The second-order valence-electron chi connectivity index (χ2n) is 8.81. The summed E-state index contributed by atoms with van der Waals surface area (Å²) in [7, 11) is 0. The molecule has 0 saturated carbocycles. The van der Waals surface area contributed by atoms with Crippen molar-refractivity contribution in [2.24, 2.45) is 5.10 Å². The summed E-state index contributed by atoms with van der Waals surface area (Å²) in [4.78, 5) is 0. The first-order valence-electron chi connectivity index (χ1n) is 12.2. The van der Waals surface area contributed by atoms with Crippen LogP contribution in [-0.4, -0.2) is 5.71 Å². The average Bonchev–Trinajstić information content (AvgIpc) is 2.98. The summed E-state index contributed by atoms with van der Waals surface area (Å²) in [6, 6.07) is 45.4. The standard InChI is InChI=1S/C33H24ClN3/c34-31-22-28(25-13-6-2-7-14-25)19-20-30(31)33-23-32(26-15-8-3-9-16-26)35-37(36-33)29-18-10-17-27(21-29)24-11-4-1-5-12-24/h1-23,35H. The van der Waals surface area contributed by atoms with E-state index in [0.717, 1.165) is 50.5 Å². The fourth-order valence-electron chi connectivity index (χ4n) is 4.45. The smallest absolute Gasteiger partial charge is 0.0964 e. The lowest BCUT2D eigenvalue weighted by molar-refractivity contribution is 0.787. The van der Waals surface area contributed by atoms with Gasteiger partial charge in [-0.15, -0.1) is 0 Å². The Hall–Kier alpha value is -4.60. The van der Waals surface area contributed by atoms with Gasteiger partial charge in [0.2, 0.25) is 0 Å². The maximum atomic E-state index is 6.86. The van der Waals surface area contributed by atoms with Crippen molar-refractivity contribution in [2.75, 3.05) is 5.12 Å². The molecule has 1 aliphatic rings. The number of halogens is 1. The molecular formula is C33H24ClN3. The summed E-state index contributed by atoms with van der Waals surface area (Å²) >= 11 is 6.86. The first kappa shape index (κ1) is 22.8. The van der Waals surface area contributed by atoms with Gasteiger partial charge in [-0.2, -0.15) is 10.2 Å². The Labute approximate surface area is 222 Å². The summed E-state index contributed by atoms with van der Waals surface area (Å²) in [5, 5.41) is 7.46. The molecule has 5 aromatic rings. The van der Waals surface area contributed by atoms with Gasteiger partial charge in [-0.05, 0) is 52.1 Å². The molecule has 6 rings (SSSR count). The largest absolute Gasteiger partial charge is 0.277 e. The second kappa shape index (κ2) is 10.2.